The van der Waals surface area contributed by atoms with Crippen LogP contribution >= 0.6 is 0 Å². The summed E-state index contributed by atoms with van der Waals surface area (Å²) in [5, 5.41) is 5.99. The van der Waals surface area contributed by atoms with Crippen LogP contribution in [0.3, 0.4) is 0 Å². The second kappa shape index (κ2) is 19.3. The first-order chi connectivity index (χ1) is 34.2. The Morgan fingerprint density at radius 1 is 0.614 bits per heavy atom. The first-order valence-electron chi connectivity index (χ1n) is 25.3. The van der Waals surface area contributed by atoms with E-state index in [-0.39, 0.29) is 48.6 Å². The van der Waals surface area contributed by atoms with Crippen molar-refractivity contribution in [1.29, 1.82) is 0 Å². The first kappa shape index (κ1) is 45.2. The van der Waals surface area contributed by atoms with E-state index in [4.69, 9.17) is 19.4 Å². The van der Waals surface area contributed by atoms with Crippen LogP contribution in [0, 0.1) is 0 Å². The van der Waals surface area contributed by atoms with E-state index < -0.39 is 12.1 Å². The van der Waals surface area contributed by atoms with Crippen molar-refractivity contribution in [3.8, 4) is 45.1 Å². The second-order valence-electron chi connectivity index (χ2n) is 19.5. The van der Waals surface area contributed by atoms with E-state index in [1.54, 1.807) is 6.92 Å². The van der Waals surface area contributed by atoms with Crippen LogP contribution < -0.4 is 20.1 Å². The van der Waals surface area contributed by atoms with E-state index in [1.807, 2.05) is 77.6 Å². The Kier molecular flexibility index (Phi) is 12.5. The molecule has 1 saturated carbocycles. The lowest BCUT2D eigenvalue weighted by Gasteiger charge is -2.30. The smallest absolute Gasteiger partial charge is 0.250 e. The van der Waals surface area contributed by atoms with Gasteiger partial charge in [-0.15, -0.1) is 0 Å². The highest BCUT2D eigenvalue weighted by Gasteiger charge is 2.39. The van der Waals surface area contributed by atoms with Gasteiger partial charge in [-0.3, -0.25) is 19.2 Å². The lowest BCUT2D eigenvalue weighted by molar-refractivity contribution is -0.137. The van der Waals surface area contributed by atoms with Gasteiger partial charge < -0.3 is 39.9 Å². The number of amides is 4. The van der Waals surface area contributed by atoms with Crippen molar-refractivity contribution >= 4 is 23.6 Å². The zero-order chi connectivity index (χ0) is 47.9. The number of hydrogen-bond acceptors (Lipinski definition) is 8. The molecule has 4 atom stereocenters. The minimum Gasteiger partial charge on any atom is -0.488 e. The normalized spacial score (nSPS) is 19.2. The third-order valence-electron chi connectivity index (χ3n) is 15.1. The maximum atomic E-state index is 14.5. The molecule has 4 aromatic carbocycles. The number of benzene rings is 4. The molecule has 360 valence electrons. The standard InChI is InChI=1S/C56H60N8O6/c1-3-47(65)61-51(35-15-9-6-10-16-35)55(67)63-23-11-17-43(63)53-57-29-41(59-53)37-25-39-31-70-46-28-38(26-40-32-69-45(27-37)49(39)50(40)46)42-30-58-54(60-42)44-18-12-24-64(44)56(68)52(62-48(66)4-2)36-21-19-34(20-22-36)33-13-7-5-8-14-33/h6,9-10,15-16,19-22,25-30,33,43-44,51-52H,3-5,7-8,11-14,17-18,23-24,31-32H2,1-2H3,(H,57,59)(H,58,60)(H,61,65)(H,62,66)/t43-,44-,51+,52+/m0/s1. The summed E-state index contributed by atoms with van der Waals surface area (Å²) in [7, 11) is 0. The highest BCUT2D eigenvalue weighted by molar-refractivity contribution is 5.91. The molecule has 3 fully saturated rings. The summed E-state index contributed by atoms with van der Waals surface area (Å²) in [6.07, 6.45) is 13.6. The molecule has 0 unspecified atom stereocenters. The fraction of sp³-hybridized carbons (Fsp3) is 0.393. The molecule has 5 aliphatic rings. The molecule has 0 radical (unpaired) electrons. The molecule has 4 N–H and O–H groups in total. The minimum atomic E-state index is -0.781. The Morgan fingerprint density at radius 2 is 1.10 bits per heavy atom. The summed E-state index contributed by atoms with van der Waals surface area (Å²) in [4.78, 5) is 74.5. The summed E-state index contributed by atoms with van der Waals surface area (Å²) >= 11 is 0. The number of H-pyrrole nitrogens is 2. The number of nitrogens with one attached hydrogen (secondary N) is 4. The van der Waals surface area contributed by atoms with E-state index >= 15 is 0 Å². The zero-order valence-electron chi connectivity index (χ0n) is 39.9. The van der Waals surface area contributed by atoms with Gasteiger partial charge in [0.25, 0.3) is 0 Å². The quantitative estimate of drug-likeness (QED) is 0.0885. The number of nitrogens with zero attached hydrogens (tertiary/aromatic N) is 4. The predicted octanol–water partition coefficient (Wildman–Crippen LogP) is 9.83. The first-order valence-corrected chi connectivity index (χ1v) is 25.3. The number of aromatic nitrogens is 4. The minimum absolute atomic E-state index is 0.123. The molecule has 2 saturated heterocycles. The largest absolute Gasteiger partial charge is 0.488 e. The van der Waals surface area contributed by atoms with E-state index in [9.17, 15) is 19.2 Å². The Labute approximate surface area is 408 Å². The molecule has 2 aromatic heterocycles. The van der Waals surface area contributed by atoms with Crippen molar-refractivity contribution in [1.82, 2.24) is 40.4 Å². The number of carbonyl (C=O) groups excluding carboxylic acids is 4. The van der Waals surface area contributed by atoms with Crippen LogP contribution in [0.25, 0.3) is 33.6 Å². The average Bonchev–Trinajstić information content (AvgIpc) is 4.27. The van der Waals surface area contributed by atoms with Gasteiger partial charge in [-0.1, -0.05) is 87.7 Å². The molecule has 6 heterocycles. The summed E-state index contributed by atoms with van der Waals surface area (Å²) in [6.45, 7) is 5.43. The van der Waals surface area contributed by atoms with Gasteiger partial charge in [-0.05, 0) is 85.4 Å². The SMILES string of the molecule is CCC(=O)N[C@@H](C(=O)N1CCC[C@H]1c1ncc(-c2cc3c4c(c2)OCc2cc(-c5cnc([C@@H]6CCCN6C(=O)[C@H](NC(=O)CC)c6ccc(C7CCCCC7)cc6)[nH]5)cc(c2-4)OC3)[nH]1)c1ccccc1. The third-order valence-corrected chi connectivity index (χ3v) is 15.1. The van der Waals surface area contributed by atoms with Gasteiger partial charge in [0.1, 0.15) is 48.4 Å². The molecular formula is C56H60N8O6. The van der Waals surface area contributed by atoms with Crippen LogP contribution in [-0.4, -0.2) is 66.5 Å². The van der Waals surface area contributed by atoms with Crippen molar-refractivity contribution < 1.29 is 28.7 Å². The lowest BCUT2D eigenvalue weighted by atomic mass is 9.83. The van der Waals surface area contributed by atoms with Crippen LogP contribution in [0.2, 0.25) is 0 Å². The van der Waals surface area contributed by atoms with Gasteiger partial charge >= 0.3 is 0 Å². The van der Waals surface area contributed by atoms with Gasteiger partial charge in [0.15, 0.2) is 0 Å². The molecule has 1 aliphatic carbocycles. The maximum absolute atomic E-state index is 14.5. The molecule has 11 rings (SSSR count). The topological polar surface area (TPSA) is 175 Å². The van der Waals surface area contributed by atoms with Gasteiger partial charge in [0.05, 0.1) is 35.9 Å². The monoisotopic (exact) mass is 940 g/mol. The fourth-order valence-electron chi connectivity index (χ4n) is 11.4. The molecule has 4 aliphatic heterocycles. The van der Waals surface area contributed by atoms with Gasteiger partial charge in [-0.25, -0.2) is 9.97 Å². The van der Waals surface area contributed by atoms with Crippen molar-refractivity contribution in [2.75, 3.05) is 13.1 Å². The van der Waals surface area contributed by atoms with Crippen LogP contribution in [0.1, 0.15) is 154 Å². The Balaban J connectivity index is 0.810. The van der Waals surface area contributed by atoms with Gasteiger partial charge in [0.2, 0.25) is 23.6 Å². The summed E-state index contributed by atoms with van der Waals surface area (Å²) in [5.74, 6) is 2.90. The third kappa shape index (κ3) is 8.62. The molecule has 70 heavy (non-hydrogen) atoms. The molecule has 0 bridgehead atoms. The highest BCUT2D eigenvalue weighted by Crippen LogP contribution is 2.51. The van der Waals surface area contributed by atoms with Gasteiger partial charge in [-0.2, -0.15) is 0 Å². The van der Waals surface area contributed by atoms with Crippen molar-refractivity contribution in [2.24, 2.45) is 0 Å². The van der Waals surface area contributed by atoms with Gasteiger partial charge in [0, 0.05) is 59.3 Å². The van der Waals surface area contributed by atoms with Crippen molar-refractivity contribution in [3.05, 3.63) is 131 Å². The van der Waals surface area contributed by atoms with Crippen LogP contribution in [0.15, 0.2) is 91.3 Å². The van der Waals surface area contributed by atoms with Crippen LogP contribution in [0.4, 0.5) is 0 Å². The molecule has 6 aromatic rings. The van der Waals surface area contributed by atoms with Crippen molar-refractivity contribution in [2.45, 2.75) is 128 Å². The van der Waals surface area contributed by atoms with E-state index in [0.29, 0.717) is 43.9 Å². The number of likely N-dealkylation sites (tertiary alicyclic amines) is 2. The second-order valence-corrected chi connectivity index (χ2v) is 19.5. The number of imidazole rings is 2. The number of rotatable bonds is 13. The van der Waals surface area contributed by atoms with Crippen LogP contribution in [0.5, 0.6) is 11.5 Å². The highest BCUT2D eigenvalue weighted by atomic mass is 16.5. The molecule has 14 heteroatoms. The van der Waals surface area contributed by atoms with E-state index in [2.05, 4.69) is 50.9 Å². The average molecular weight is 941 g/mol. The molecule has 14 nitrogen and oxygen atoms in total. The number of carbonyl (C=O) groups is 4. The fourth-order valence-corrected chi connectivity index (χ4v) is 11.4. The zero-order valence-corrected chi connectivity index (χ0v) is 39.9. The summed E-state index contributed by atoms with van der Waals surface area (Å²) in [6, 6.07) is 24.0. The Bertz CT molecular complexity index is 2890. The predicted molar refractivity (Wildman–Crippen MR) is 264 cm³/mol. The number of aromatic amines is 2. The summed E-state index contributed by atoms with van der Waals surface area (Å²) < 4.78 is 13.0. The summed E-state index contributed by atoms with van der Waals surface area (Å²) in [5.41, 5.74) is 10.3. The Morgan fingerprint density at radius 3 is 1.59 bits per heavy atom. The maximum Gasteiger partial charge on any atom is 0.250 e. The lowest BCUT2D eigenvalue weighted by Crippen LogP contribution is -2.42. The molecule has 4 amide bonds. The van der Waals surface area contributed by atoms with E-state index in [0.717, 1.165) is 93.1 Å². The van der Waals surface area contributed by atoms with E-state index in [1.165, 1.54) is 37.7 Å². The molecular weight excluding hydrogens is 881 g/mol. The van der Waals surface area contributed by atoms with Crippen LogP contribution in [-0.2, 0) is 32.4 Å². The number of ether oxygens (including phenoxy) is 2. The number of hydrogen-bond donors (Lipinski definition) is 4. The van der Waals surface area contributed by atoms with Crippen molar-refractivity contribution in [3.63, 3.8) is 0 Å². The Hall–Kier alpha value is -7.22. The molecule has 0 spiro atoms.